The number of piperazine rings is 1. The molecular weight excluding hydrogens is 533 g/mol. The van der Waals surface area contributed by atoms with E-state index in [2.05, 4.69) is 49.4 Å². The number of anilines is 2. The van der Waals surface area contributed by atoms with Gasteiger partial charge in [0.15, 0.2) is 5.65 Å². The largest absolute Gasteiger partial charge is 0.416 e. The van der Waals surface area contributed by atoms with Gasteiger partial charge in [0.2, 0.25) is 5.91 Å². The van der Waals surface area contributed by atoms with Crippen LogP contribution in [0.15, 0.2) is 61.1 Å². The normalized spacial score (nSPS) is 14.4. The van der Waals surface area contributed by atoms with Gasteiger partial charge in [-0.05, 0) is 54.4 Å². The van der Waals surface area contributed by atoms with Gasteiger partial charge in [-0.25, -0.2) is 14.5 Å². The molecule has 1 saturated heterocycles. The van der Waals surface area contributed by atoms with Crippen LogP contribution in [0, 0.1) is 11.8 Å². The number of alkyl halides is 3. The van der Waals surface area contributed by atoms with Crippen LogP contribution in [0.25, 0.3) is 5.65 Å². The van der Waals surface area contributed by atoms with Crippen LogP contribution < -0.4 is 10.6 Å². The summed E-state index contributed by atoms with van der Waals surface area (Å²) >= 11 is 0. The zero-order valence-corrected chi connectivity index (χ0v) is 22.4. The first-order valence-electron chi connectivity index (χ1n) is 13.2. The summed E-state index contributed by atoms with van der Waals surface area (Å²) in [5.41, 5.74) is 1.62. The lowest BCUT2D eigenvalue weighted by atomic mass is 10.0. The number of amides is 1. The summed E-state index contributed by atoms with van der Waals surface area (Å²) in [5, 5.41) is 9.66. The molecule has 4 aromatic rings. The van der Waals surface area contributed by atoms with Gasteiger partial charge in [-0.2, -0.15) is 18.3 Å². The van der Waals surface area contributed by atoms with Crippen molar-refractivity contribution in [1.82, 2.24) is 29.4 Å². The Morgan fingerprint density at radius 1 is 1.00 bits per heavy atom. The molecule has 1 aliphatic rings. The van der Waals surface area contributed by atoms with Crippen LogP contribution in [0.4, 0.5) is 24.7 Å². The van der Waals surface area contributed by atoms with Crippen LogP contribution in [0.3, 0.4) is 0 Å². The highest BCUT2D eigenvalue weighted by atomic mass is 19.4. The number of nitrogens with one attached hydrogen (secondary N) is 2. The number of rotatable bonds is 7. The van der Waals surface area contributed by atoms with E-state index in [0.29, 0.717) is 16.9 Å². The molecule has 12 heteroatoms. The number of hydrogen-bond acceptors (Lipinski definition) is 7. The second-order valence-corrected chi connectivity index (χ2v) is 9.60. The molecule has 0 atom stereocenters. The summed E-state index contributed by atoms with van der Waals surface area (Å²) < 4.78 is 43.3. The highest BCUT2D eigenvalue weighted by molar-refractivity contribution is 5.93. The Bertz CT molecular complexity index is 1580. The maximum absolute atomic E-state index is 13.9. The third-order valence-electron chi connectivity index (χ3n) is 6.81. The lowest BCUT2D eigenvalue weighted by molar-refractivity contribution is -0.138. The second kappa shape index (κ2) is 12.4. The molecule has 41 heavy (non-hydrogen) atoms. The molecule has 1 amide bonds. The maximum atomic E-state index is 13.9. The summed E-state index contributed by atoms with van der Waals surface area (Å²) in [6.07, 6.45) is 0.262. The average molecular weight is 563 g/mol. The summed E-state index contributed by atoms with van der Waals surface area (Å²) in [5.74, 6) is 5.82. The van der Waals surface area contributed by atoms with Gasteiger partial charge in [0.25, 0.3) is 0 Å². The van der Waals surface area contributed by atoms with Gasteiger partial charge in [0.05, 0.1) is 18.3 Å². The van der Waals surface area contributed by atoms with Crippen molar-refractivity contribution >= 4 is 23.1 Å². The molecule has 0 unspecified atom stereocenters. The van der Waals surface area contributed by atoms with Gasteiger partial charge < -0.3 is 15.5 Å². The standard InChI is InChI=1S/C29H29F3N8O/c1-2-38-12-14-39(15-13-38)20-22-6-7-23(17-25(22)29(30,31)32)34-19-28(41)37-26-16-21(9-11-33-26)5-8-24-18-35-27-4-3-10-36-40(24)27/h3-4,6-7,9-11,16-18,34H,2,12-15,19-20H2,1H3,(H,33,37,41). The zero-order chi connectivity index (χ0) is 28.8. The van der Waals surface area contributed by atoms with E-state index in [0.717, 1.165) is 38.8 Å². The number of benzene rings is 1. The molecule has 9 nitrogen and oxygen atoms in total. The van der Waals surface area contributed by atoms with E-state index in [4.69, 9.17) is 0 Å². The average Bonchev–Trinajstić information content (AvgIpc) is 3.39. The van der Waals surface area contributed by atoms with Gasteiger partial charge in [-0.3, -0.25) is 9.69 Å². The molecule has 1 aliphatic heterocycles. The molecule has 1 fully saturated rings. The highest BCUT2D eigenvalue weighted by Gasteiger charge is 2.34. The summed E-state index contributed by atoms with van der Waals surface area (Å²) in [4.78, 5) is 25.2. The molecule has 3 aromatic heterocycles. The van der Waals surface area contributed by atoms with E-state index in [1.54, 1.807) is 41.2 Å². The molecule has 1 aromatic carbocycles. The molecule has 0 radical (unpaired) electrons. The number of likely N-dealkylation sites (N-methyl/N-ethyl adjacent to an activating group) is 1. The van der Waals surface area contributed by atoms with E-state index in [1.165, 1.54) is 12.3 Å². The van der Waals surface area contributed by atoms with Crippen molar-refractivity contribution in [2.24, 2.45) is 0 Å². The first kappa shape index (κ1) is 28.1. The fourth-order valence-electron chi connectivity index (χ4n) is 4.59. The minimum atomic E-state index is -4.51. The molecule has 5 rings (SSSR count). The monoisotopic (exact) mass is 562 g/mol. The van der Waals surface area contributed by atoms with Crippen molar-refractivity contribution in [3.8, 4) is 11.8 Å². The Morgan fingerprint density at radius 3 is 2.59 bits per heavy atom. The minimum Gasteiger partial charge on any atom is -0.376 e. The molecule has 212 valence electrons. The molecule has 0 spiro atoms. The molecule has 0 bridgehead atoms. The SMILES string of the molecule is CCN1CCN(Cc2ccc(NCC(=O)Nc3cc(C#Cc4cnc5cccnn45)ccn3)cc2C(F)(F)F)CC1. The van der Waals surface area contributed by atoms with Crippen LogP contribution in [0.5, 0.6) is 0 Å². The van der Waals surface area contributed by atoms with Crippen molar-refractivity contribution in [2.75, 3.05) is 49.9 Å². The molecule has 0 aliphatic carbocycles. The lowest BCUT2D eigenvalue weighted by Gasteiger charge is -2.34. The second-order valence-electron chi connectivity index (χ2n) is 9.60. The predicted octanol–water partition coefficient (Wildman–Crippen LogP) is 3.73. The first-order valence-corrected chi connectivity index (χ1v) is 13.2. The highest BCUT2D eigenvalue weighted by Crippen LogP contribution is 2.34. The smallest absolute Gasteiger partial charge is 0.376 e. The quantitative estimate of drug-likeness (QED) is 0.332. The van der Waals surface area contributed by atoms with Gasteiger partial charge in [0.1, 0.15) is 11.5 Å². The number of imidazole rings is 1. The summed E-state index contributed by atoms with van der Waals surface area (Å²) in [6.45, 7) is 6.15. The van der Waals surface area contributed by atoms with Crippen molar-refractivity contribution in [3.63, 3.8) is 0 Å². The van der Waals surface area contributed by atoms with E-state index in [-0.39, 0.29) is 30.2 Å². The topological polar surface area (TPSA) is 90.7 Å². The number of pyridine rings is 1. The third-order valence-corrected chi connectivity index (χ3v) is 6.81. The zero-order valence-electron chi connectivity index (χ0n) is 22.4. The Hall–Kier alpha value is -4.47. The number of aromatic nitrogens is 4. The molecule has 4 heterocycles. The molecular formula is C29H29F3N8O. The van der Waals surface area contributed by atoms with Crippen LogP contribution >= 0.6 is 0 Å². The van der Waals surface area contributed by atoms with Gasteiger partial charge in [0, 0.05) is 56.4 Å². The summed E-state index contributed by atoms with van der Waals surface area (Å²) in [6, 6.07) is 11.0. The Morgan fingerprint density at radius 2 is 1.80 bits per heavy atom. The number of carbonyl (C=O) groups is 1. The number of fused-ring (bicyclic) bond motifs is 1. The Balaban J connectivity index is 1.20. The van der Waals surface area contributed by atoms with Crippen molar-refractivity contribution in [1.29, 1.82) is 0 Å². The van der Waals surface area contributed by atoms with Crippen molar-refractivity contribution < 1.29 is 18.0 Å². The van der Waals surface area contributed by atoms with E-state index < -0.39 is 17.6 Å². The first-order chi connectivity index (χ1) is 19.8. The molecule has 2 N–H and O–H groups in total. The minimum absolute atomic E-state index is 0.209. The number of nitrogens with zero attached hydrogens (tertiary/aromatic N) is 6. The number of carbonyl (C=O) groups excluding carboxylic acids is 1. The van der Waals surface area contributed by atoms with Crippen molar-refractivity contribution in [2.45, 2.75) is 19.6 Å². The molecule has 0 saturated carbocycles. The van der Waals surface area contributed by atoms with E-state index in [9.17, 15) is 18.0 Å². The predicted molar refractivity (Wildman–Crippen MR) is 149 cm³/mol. The number of halogens is 3. The maximum Gasteiger partial charge on any atom is 0.416 e. The van der Waals surface area contributed by atoms with Crippen LogP contribution in [-0.4, -0.2) is 74.6 Å². The van der Waals surface area contributed by atoms with Crippen LogP contribution in [0.1, 0.15) is 29.3 Å². The fraction of sp³-hybridized carbons (Fsp3) is 0.310. The Kier molecular flexibility index (Phi) is 8.47. The van der Waals surface area contributed by atoms with Crippen molar-refractivity contribution in [3.05, 3.63) is 83.4 Å². The summed E-state index contributed by atoms with van der Waals surface area (Å²) in [7, 11) is 0. The van der Waals surface area contributed by atoms with Gasteiger partial charge in [-0.1, -0.05) is 18.9 Å². The Labute approximate surface area is 235 Å². The third kappa shape index (κ3) is 7.19. The fourth-order valence-corrected chi connectivity index (χ4v) is 4.59. The van der Waals surface area contributed by atoms with E-state index in [1.807, 2.05) is 11.0 Å². The van der Waals surface area contributed by atoms with Crippen LogP contribution in [0.2, 0.25) is 0 Å². The van der Waals surface area contributed by atoms with Crippen LogP contribution in [-0.2, 0) is 17.5 Å². The lowest BCUT2D eigenvalue weighted by Crippen LogP contribution is -2.45. The number of hydrogen-bond donors (Lipinski definition) is 2. The van der Waals surface area contributed by atoms with Gasteiger partial charge >= 0.3 is 6.18 Å². The van der Waals surface area contributed by atoms with Gasteiger partial charge in [-0.15, -0.1) is 0 Å². The van der Waals surface area contributed by atoms with E-state index >= 15 is 0 Å².